The highest BCUT2D eigenvalue weighted by molar-refractivity contribution is 5.27. The van der Waals surface area contributed by atoms with Crippen LogP contribution < -0.4 is 5.49 Å². The van der Waals surface area contributed by atoms with Gasteiger partial charge < -0.3 is 4.57 Å². The maximum Gasteiger partial charge on any atom is 0.128 e. The molecule has 0 aliphatic heterocycles. The fourth-order valence-electron chi connectivity index (χ4n) is 0.846. The second kappa shape index (κ2) is 3.19. The van der Waals surface area contributed by atoms with Crippen LogP contribution in [-0.2, 0) is 0 Å². The first-order valence-electron chi connectivity index (χ1n) is 3.57. The van der Waals surface area contributed by atoms with Crippen molar-refractivity contribution in [2.24, 2.45) is 0 Å². The highest BCUT2D eigenvalue weighted by Crippen LogP contribution is 1.91. The van der Waals surface area contributed by atoms with Gasteiger partial charge in [0.1, 0.15) is 5.49 Å². The van der Waals surface area contributed by atoms with Crippen LogP contribution in [-0.4, -0.2) is 4.57 Å². The monoisotopic (exact) mass is 148 g/mol. The third kappa shape index (κ3) is 2.08. The molecule has 0 atom stereocenters. The summed E-state index contributed by atoms with van der Waals surface area (Å²) in [5, 5.41) is 7.48. The largest absolute Gasteiger partial charge is 0.309 e. The molecule has 0 unspecified atom stereocenters. The lowest BCUT2D eigenvalue weighted by Crippen LogP contribution is -2.12. The van der Waals surface area contributed by atoms with Gasteiger partial charge in [0.2, 0.25) is 0 Å². The van der Waals surface area contributed by atoms with E-state index in [0.717, 1.165) is 0 Å². The van der Waals surface area contributed by atoms with Crippen molar-refractivity contribution in [1.29, 1.82) is 5.41 Å². The number of hydrogen-bond donors (Lipinski definition) is 1. The summed E-state index contributed by atoms with van der Waals surface area (Å²) in [6.45, 7) is 4.03. The molecule has 0 saturated carbocycles. The third-order valence-corrected chi connectivity index (χ3v) is 1.29. The average molecular weight is 148 g/mol. The summed E-state index contributed by atoms with van der Waals surface area (Å²) >= 11 is 0. The molecule has 0 saturated heterocycles. The van der Waals surface area contributed by atoms with E-state index in [0.29, 0.717) is 5.49 Å². The first-order valence-corrected chi connectivity index (χ1v) is 3.57. The molecule has 0 aliphatic rings. The minimum Gasteiger partial charge on any atom is -0.309 e. The number of rotatable bonds is 1. The van der Waals surface area contributed by atoms with Crippen LogP contribution in [0.4, 0.5) is 0 Å². The highest BCUT2D eigenvalue weighted by atomic mass is 14.9. The van der Waals surface area contributed by atoms with Crippen LogP contribution in [0.15, 0.2) is 30.0 Å². The van der Waals surface area contributed by atoms with Gasteiger partial charge in [-0.15, -0.1) is 0 Å². The van der Waals surface area contributed by atoms with Crippen molar-refractivity contribution >= 4 is 6.20 Å². The van der Waals surface area contributed by atoms with Gasteiger partial charge in [-0.2, -0.15) is 0 Å². The van der Waals surface area contributed by atoms with Crippen molar-refractivity contribution in [3.05, 3.63) is 35.5 Å². The van der Waals surface area contributed by atoms with Gasteiger partial charge in [-0.25, -0.2) is 0 Å². The van der Waals surface area contributed by atoms with E-state index < -0.39 is 0 Å². The summed E-state index contributed by atoms with van der Waals surface area (Å²) in [7, 11) is 0. The lowest BCUT2D eigenvalue weighted by Gasteiger charge is -1.98. The Labute approximate surface area is 66.3 Å². The molecule has 1 N–H and O–H groups in total. The summed E-state index contributed by atoms with van der Waals surface area (Å²) in [4.78, 5) is 0. The zero-order valence-corrected chi connectivity index (χ0v) is 6.83. The molecule has 0 spiro atoms. The van der Waals surface area contributed by atoms with Crippen LogP contribution >= 0.6 is 0 Å². The van der Waals surface area contributed by atoms with Crippen LogP contribution in [0.5, 0.6) is 0 Å². The SMILES string of the molecule is CC(C)=Cn1ccccc1=N. The molecule has 0 bridgehead atoms. The highest BCUT2D eigenvalue weighted by Gasteiger charge is 1.83. The number of aromatic nitrogens is 1. The molecular weight excluding hydrogens is 136 g/mol. The molecule has 0 fully saturated rings. The predicted octanol–water partition coefficient (Wildman–Crippen LogP) is 1.85. The van der Waals surface area contributed by atoms with Gasteiger partial charge in [0, 0.05) is 12.4 Å². The molecule has 58 valence electrons. The van der Waals surface area contributed by atoms with Crippen LogP contribution in [0, 0.1) is 5.41 Å². The maximum atomic E-state index is 7.48. The van der Waals surface area contributed by atoms with E-state index in [9.17, 15) is 0 Å². The summed E-state index contributed by atoms with van der Waals surface area (Å²) in [5.74, 6) is 0. The number of nitrogens with zero attached hydrogens (tertiary/aromatic N) is 1. The topological polar surface area (TPSA) is 28.8 Å². The molecule has 2 nitrogen and oxygen atoms in total. The van der Waals surface area contributed by atoms with E-state index >= 15 is 0 Å². The summed E-state index contributed by atoms with van der Waals surface area (Å²) in [6, 6.07) is 5.54. The fraction of sp³-hybridized carbons (Fsp3) is 0.222. The Kier molecular flexibility index (Phi) is 2.26. The summed E-state index contributed by atoms with van der Waals surface area (Å²) in [5.41, 5.74) is 1.70. The minimum atomic E-state index is 0.508. The zero-order valence-electron chi connectivity index (χ0n) is 6.83. The van der Waals surface area contributed by atoms with Gasteiger partial charge in [-0.1, -0.05) is 11.6 Å². The number of allylic oxidation sites excluding steroid dienone is 1. The Morgan fingerprint density at radius 1 is 1.45 bits per heavy atom. The van der Waals surface area contributed by atoms with Gasteiger partial charge in [0.25, 0.3) is 0 Å². The molecule has 0 aromatic carbocycles. The van der Waals surface area contributed by atoms with Gasteiger partial charge >= 0.3 is 0 Å². The quantitative estimate of drug-likeness (QED) is 0.629. The summed E-state index contributed by atoms with van der Waals surface area (Å²) in [6.07, 6.45) is 3.80. The zero-order chi connectivity index (χ0) is 8.27. The van der Waals surface area contributed by atoms with Crippen molar-refractivity contribution in [1.82, 2.24) is 4.57 Å². The lowest BCUT2D eigenvalue weighted by atomic mass is 10.4. The number of nitrogens with one attached hydrogen (secondary N) is 1. The van der Waals surface area contributed by atoms with Crippen molar-refractivity contribution in [3.8, 4) is 0 Å². The van der Waals surface area contributed by atoms with Crippen molar-refractivity contribution < 1.29 is 0 Å². The molecule has 11 heavy (non-hydrogen) atoms. The predicted molar refractivity (Wildman–Crippen MR) is 45.9 cm³/mol. The Balaban J connectivity index is 3.15. The maximum absolute atomic E-state index is 7.48. The van der Waals surface area contributed by atoms with Gasteiger partial charge in [-0.3, -0.25) is 5.41 Å². The normalized spacial score (nSPS) is 9.27. The van der Waals surface area contributed by atoms with E-state index in [2.05, 4.69) is 0 Å². The van der Waals surface area contributed by atoms with Crippen molar-refractivity contribution in [3.63, 3.8) is 0 Å². The molecule has 0 aliphatic carbocycles. The Morgan fingerprint density at radius 3 is 2.73 bits per heavy atom. The molecule has 1 rings (SSSR count). The molecule has 1 aromatic rings. The molecule has 2 heteroatoms. The molecular formula is C9H12N2. The van der Waals surface area contributed by atoms with Crippen LogP contribution in [0.3, 0.4) is 0 Å². The van der Waals surface area contributed by atoms with Gasteiger partial charge in [-0.05, 0) is 26.0 Å². The second-order valence-electron chi connectivity index (χ2n) is 2.70. The summed E-state index contributed by atoms with van der Waals surface area (Å²) < 4.78 is 1.79. The molecule has 0 amide bonds. The molecule has 0 radical (unpaired) electrons. The van der Waals surface area contributed by atoms with E-state index in [1.165, 1.54) is 5.57 Å². The molecule has 1 heterocycles. The van der Waals surface area contributed by atoms with Gasteiger partial charge in [0.05, 0.1) is 0 Å². The number of hydrogen-bond acceptors (Lipinski definition) is 1. The minimum absolute atomic E-state index is 0.508. The second-order valence-corrected chi connectivity index (χ2v) is 2.70. The average Bonchev–Trinajstić information content (AvgIpc) is 1.93. The van der Waals surface area contributed by atoms with Crippen molar-refractivity contribution in [2.75, 3.05) is 0 Å². The third-order valence-electron chi connectivity index (χ3n) is 1.29. The van der Waals surface area contributed by atoms with E-state index in [1.54, 1.807) is 10.6 Å². The van der Waals surface area contributed by atoms with E-state index in [-0.39, 0.29) is 0 Å². The Morgan fingerprint density at radius 2 is 2.18 bits per heavy atom. The molecule has 1 aromatic heterocycles. The van der Waals surface area contributed by atoms with Crippen molar-refractivity contribution in [2.45, 2.75) is 13.8 Å². The standard InChI is InChI=1S/C9H12N2/c1-8(2)7-11-6-4-3-5-9(11)10/h3-7,10H,1-2H3. The number of pyridine rings is 1. The Bertz CT molecular complexity index is 316. The van der Waals surface area contributed by atoms with Gasteiger partial charge in [0.15, 0.2) is 0 Å². The smallest absolute Gasteiger partial charge is 0.128 e. The fourth-order valence-corrected chi connectivity index (χ4v) is 0.846. The first-order chi connectivity index (χ1) is 5.20. The van der Waals surface area contributed by atoms with E-state index in [4.69, 9.17) is 5.41 Å². The van der Waals surface area contributed by atoms with E-state index in [1.807, 2.05) is 38.4 Å². The van der Waals surface area contributed by atoms with Crippen LogP contribution in [0.25, 0.3) is 6.20 Å². The lowest BCUT2D eigenvalue weighted by molar-refractivity contribution is 0.967. The van der Waals surface area contributed by atoms with Crippen LogP contribution in [0.2, 0.25) is 0 Å². The van der Waals surface area contributed by atoms with Crippen LogP contribution in [0.1, 0.15) is 13.8 Å². The Hall–Kier alpha value is -1.31. The first kappa shape index (κ1) is 7.79.